The quantitative estimate of drug-likeness (QED) is 0.444. The largest absolute Gasteiger partial charge is 0.493 e. The average Bonchev–Trinajstić information content (AvgIpc) is 3.18. The van der Waals surface area contributed by atoms with Crippen molar-refractivity contribution >= 4 is 61.5 Å². The van der Waals surface area contributed by atoms with Gasteiger partial charge in [-0.3, -0.25) is 14.9 Å². The van der Waals surface area contributed by atoms with Gasteiger partial charge >= 0.3 is 0 Å². The molecule has 32 heavy (non-hydrogen) atoms. The number of benzene rings is 2. The lowest BCUT2D eigenvalue weighted by Gasteiger charge is -2.14. The van der Waals surface area contributed by atoms with Crippen molar-refractivity contribution in [3.05, 3.63) is 35.9 Å². The molecule has 0 unspecified atom stereocenters. The summed E-state index contributed by atoms with van der Waals surface area (Å²) in [4.78, 5) is 28.6. The molecule has 2 aromatic carbocycles. The van der Waals surface area contributed by atoms with Crippen LogP contribution in [0.4, 0.5) is 10.8 Å². The Morgan fingerprint density at radius 3 is 2.31 bits per heavy atom. The summed E-state index contributed by atoms with van der Waals surface area (Å²) in [6.07, 6.45) is 0.378. The van der Waals surface area contributed by atoms with Crippen molar-refractivity contribution in [1.82, 2.24) is 10.3 Å². The number of nitrogens with one attached hydrogen (secondary N) is 3. The van der Waals surface area contributed by atoms with Gasteiger partial charge in [0.2, 0.25) is 11.7 Å². The summed E-state index contributed by atoms with van der Waals surface area (Å²) in [5.74, 6) is 0.567. The SMILES string of the molecule is CCC(=O)Nc1nc2ccc(NC(=S)NC(=O)c3cc(OC)c(OC)c(OC)c3)cc2s1. The number of amides is 2. The molecule has 0 radical (unpaired) electrons. The molecule has 0 saturated heterocycles. The van der Waals surface area contributed by atoms with Crippen LogP contribution in [0.25, 0.3) is 10.2 Å². The van der Waals surface area contributed by atoms with Crippen molar-refractivity contribution in [2.45, 2.75) is 13.3 Å². The van der Waals surface area contributed by atoms with Gasteiger partial charge in [-0.05, 0) is 42.5 Å². The van der Waals surface area contributed by atoms with Crippen LogP contribution in [-0.2, 0) is 4.79 Å². The highest BCUT2D eigenvalue weighted by molar-refractivity contribution is 7.80. The molecule has 0 aliphatic rings. The minimum atomic E-state index is -0.440. The number of fused-ring (bicyclic) bond motifs is 1. The second-order valence-corrected chi connectivity index (χ2v) is 7.86. The van der Waals surface area contributed by atoms with Crippen LogP contribution in [0.2, 0.25) is 0 Å². The van der Waals surface area contributed by atoms with E-state index in [9.17, 15) is 9.59 Å². The lowest BCUT2D eigenvalue weighted by Crippen LogP contribution is -2.34. The monoisotopic (exact) mass is 474 g/mol. The molecule has 3 rings (SSSR count). The summed E-state index contributed by atoms with van der Waals surface area (Å²) in [6.45, 7) is 1.78. The molecule has 1 heterocycles. The summed E-state index contributed by atoms with van der Waals surface area (Å²) >= 11 is 6.64. The fraction of sp³-hybridized carbons (Fsp3) is 0.238. The Morgan fingerprint density at radius 2 is 1.72 bits per heavy atom. The molecule has 2 amide bonds. The third kappa shape index (κ3) is 5.24. The van der Waals surface area contributed by atoms with Crippen molar-refractivity contribution in [2.24, 2.45) is 0 Å². The number of carbonyl (C=O) groups excluding carboxylic acids is 2. The standard InChI is InChI=1S/C21H22N4O5S2/c1-5-17(26)24-21-23-13-7-6-12(10-16(13)32-21)22-20(31)25-19(27)11-8-14(28-2)18(30-4)15(9-11)29-3/h6-10H,5H2,1-4H3,(H,23,24,26)(H2,22,25,27,31). The van der Waals surface area contributed by atoms with Crippen LogP contribution in [-0.4, -0.2) is 43.2 Å². The first-order valence-electron chi connectivity index (χ1n) is 9.51. The van der Waals surface area contributed by atoms with Crippen LogP contribution >= 0.6 is 23.6 Å². The number of thiazole rings is 1. The number of carbonyl (C=O) groups is 2. The summed E-state index contributed by atoms with van der Waals surface area (Å²) in [5.41, 5.74) is 1.71. The van der Waals surface area contributed by atoms with Crippen LogP contribution in [0.15, 0.2) is 30.3 Å². The number of anilines is 2. The van der Waals surface area contributed by atoms with Gasteiger partial charge in [-0.25, -0.2) is 4.98 Å². The third-order valence-electron chi connectivity index (χ3n) is 4.37. The first-order chi connectivity index (χ1) is 15.4. The number of hydrogen-bond acceptors (Lipinski definition) is 8. The van der Waals surface area contributed by atoms with E-state index in [4.69, 9.17) is 26.4 Å². The lowest BCUT2D eigenvalue weighted by molar-refractivity contribution is -0.115. The highest BCUT2D eigenvalue weighted by atomic mass is 32.1. The number of nitrogens with zero attached hydrogens (tertiary/aromatic N) is 1. The fourth-order valence-electron chi connectivity index (χ4n) is 2.81. The Labute approximate surface area is 194 Å². The van der Waals surface area contributed by atoms with E-state index in [0.717, 1.165) is 10.2 Å². The average molecular weight is 475 g/mol. The van der Waals surface area contributed by atoms with Gasteiger partial charge in [-0.15, -0.1) is 0 Å². The second-order valence-electron chi connectivity index (χ2n) is 6.43. The zero-order valence-corrected chi connectivity index (χ0v) is 19.5. The van der Waals surface area contributed by atoms with E-state index in [2.05, 4.69) is 20.9 Å². The van der Waals surface area contributed by atoms with Crippen LogP contribution < -0.4 is 30.2 Å². The molecular weight excluding hydrogens is 452 g/mol. The summed E-state index contributed by atoms with van der Waals surface area (Å²) < 4.78 is 16.7. The maximum atomic E-state index is 12.7. The van der Waals surface area contributed by atoms with Gasteiger partial charge in [0, 0.05) is 17.7 Å². The zero-order valence-electron chi connectivity index (χ0n) is 17.9. The summed E-state index contributed by atoms with van der Waals surface area (Å²) in [7, 11) is 4.43. The molecule has 168 valence electrons. The molecule has 11 heteroatoms. The molecule has 0 aliphatic heterocycles. The zero-order chi connectivity index (χ0) is 23.3. The molecule has 9 nitrogen and oxygen atoms in total. The molecule has 1 aromatic heterocycles. The Morgan fingerprint density at radius 1 is 1.03 bits per heavy atom. The minimum absolute atomic E-state index is 0.0990. The predicted octanol–water partition coefficient (Wildman–Crippen LogP) is 3.80. The highest BCUT2D eigenvalue weighted by Gasteiger charge is 2.18. The minimum Gasteiger partial charge on any atom is -0.493 e. The first kappa shape index (κ1) is 23.2. The maximum absolute atomic E-state index is 12.7. The highest BCUT2D eigenvalue weighted by Crippen LogP contribution is 2.38. The van der Waals surface area contributed by atoms with Crippen molar-refractivity contribution < 1.29 is 23.8 Å². The van der Waals surface area contributed by atoms with Gasteiger partial charge in [-0.2, -0.15) is 0 Å². The Balaban J connectivity index is 1.72. The van der Waals surface area contributed by atoms with E-state index in [1.54, 1.807) is 19.1 Å². The number of aromatic nitrogens is 1. The van der Waals surface area contributed by atoms with E-state index in [1.165, 1.54) is 44.8 Å². The van der Waals surface area contributed by atoms with E-state index < -0.39 is 5.91 Å². The Hall–Kier alpha value is -3.44. The molecule has 0 aliphatic carbocycles. The molecule has 0 atom stereocenters. The molecule has 0 spiro atoms. The lowest BCUT2D eigenvalue weighted by atomic mass is 10.1. The fourth-order valence-corrected chi connectivity index (χ4v) is 3.95. The molecule has 3 N–H and O–H groups in total. The maximum Gasteiger partial charge on any atom is 0.257 e. The number of thiocarbonyl (C=S) groups is 1. The van der Waals surface area contributed by atoms with E-state index in [0.29, 0.717) is 34.5 Å². The van der Waals surface area contributed by atoms with Crippen LogP contribution in [0.3, 0.4) is 0 Å². The topological polar surface area (TPSA) is 111 Å². The molecule has 3 aromatic rings. The van der Waals surface area contributed by atoms with E-state index >= 15 is 0 Å². The number of ether oxygens (including phenoxy) is 3. The van der Waals surface area contributed by atoms with E-state index in [1.807, 2.05) is 6.07 Å². The van der Waals surface area contributed by atoms with Gasteiger partial charge in [-0.1, -0.05) is 18.3 Å². The molecular formula is C21H22N4O5S2. The predicted molar refractivity (Wildman–Crippen MR) is 128 cm³/mol. The van der Waals surface area contributed by atoms with Gasteiger partial charge in [0.25, 0.3) is 5.91 Å². The summed E-state index contributed by atoms with van der Waals surface area (Å²) in [6, 6.07) is 8.50. The molecule has 0 bridgehead atoms. The number of methoxy groups -OCH3 is 3. The van der Waals surface area contributed by atoms with E-state index in [-0.39, 0.29) is 16.6 Å². The smallest absolute Gasteiger partial charge is 0.257 e. The first-order valence-corrected chi connectivity index (χ1v) is 10.7. The van der Waals surface area contributed by atoms with Crippen molar-refractivity contribution in [3.63, 3.8) is 0 Å². The van der Waals surface area contributed by atoms with Gasteiger partial charge in [0.15, 0.2) is 21.7 Å². The van der Waals surface area contributed by atoms with Crippen molar-refractivity contribution in [2.75, 3.05) is 32.0 Å². The Bertz CT molecular complexity index is 1150. The van der Waals surface area contributed by atoms with Gasteiger partial charge < -0.3 is 24.8 Å². The van der Waals surface area contributed by atoms with Gasteiger partial charge in [0.1, 0.15) is 0 Å². The third-order valence-corrected chi connectivity index (χ3v) is 5.51. The summed E-state index contributed by atoms with van der Waals surface area (Å²) in [5, 5.41) is 9.01. The molecule has 0 fully saturated rings. The second kappa shape index (κ2) is 10.2. The molecule has 0 saturated carbocycles. The van der Waals surface area contributed by atoms with Crippen LogP contribution in [0.1, 0.15) is 23.7 Å². The van der Waals surface area contributed by atoms with Crippen molar-refractivity contribution in [1.29, 1.82) is 0 Å². The normalized spacial score (nSPS) is 10.4. The van der Waals surface area contributed by atoms with Crippen LogP contribution in [0.5, 0.6) is 17.2 Å². The number of rotatable bonds is 7. The number of hydrogen-bond donors (Lipinski definition) is 3. The van der Waals surface area contributed by atoms with Gasteiger partial charge in [0.05, 0.1) is 31.5 Å². The van der Waals surface area contributed by atoms with Crippen LogP contribution in [0, 0.1) is 0 Å². The van der Waals surface area contributed by atoms with Crippen molar-refractivity contribution in [3.8, 4) is 17.2 Å². The Kier molecular flexibility index (Phi) is 7.44.